The van der Waals surface area contributed by atoms with E-state index < -0.39 is 54.1 Å². The Kier molecular flexibility index (Phi) is 7.68. The monoisotopic (exact) mass is 416 g/mol. The zero-order chi connectivity index (χ0) is 22.0. The van der Waals surface area contributed by atoms with Crippen LogP contribution in [0, 0.1) is 0 Å². The lowest BCUT2D eigenvalue weighted by molar-refractivity contribution is -0.332. The van der Waals surface area contributed by atoms with Crippen molar-refractivity contribution >= 4 is 0 Å². The number of hydrogen-bond donors (Lipinski definition) is 5. The number of aliphatic hydroxyl groups excluding tert-OH is 4. The molecule has 2 heterocycles. The van der Waals surface area contributed by atoms with Crippen LogP contribution >= 0.6 is 0 Å². The third-order valence-electron chi connectivity index (χ3n) is 5.80. The van der Waals surface area contributed by atoms with Crippen molar-refractivity contribution in [2.24, 2.45) is 0 Å². The van der Waals surface area contributed by atoms with E-state index in [1.165, 1.54) is 6.08 Å². The maximum Gasteiger partial charge on any atom is 0.187 e. The molecule has 8 nitrogen and oxygen atoms in total. The highest BCUT2D eigenvalue weighted by atomic mass is 16.7. The van der Waals surface area contributed by atoms with Crippen molar-refractivity contribution in [3.8, 4) is 0 Å². The fourth-order valence-corrected chi connectivity index (χ4v) is 3.64. The zero-order valence-electron chi connectivity index (χ0n) is 17.7. The van der Waals surface area contributed by atoms with Gasteiger partial charge in [-0.2, -0.15) is 0 Å². The molecule has 0 bridgehead atoms. The van der Waals surface area contributed by atoms with Gasteiger partial charge in [-0.1, -0.05) is 18.2 Å². The first-order valence-electron chi connectivity index (χ1n) is 10.0. The van der Waals surface area contributed by atoms with Crippen molar-refractivity contribution in [3.63, 3.8) is 0 Å². The lowest BCUT2D eigenvalue weighted by Crippen LogP contribution is -2.61. The standard InChI is InChI=1S/C21H36O8/c1-6-20(4,26)9-7-10-21(5)11-8-14(28-21)19(2,3)29-18-17(25)16(24)15(23)13(12-22)27-18/h6-7,10,13-18,22-26H,1,8-9,11-12H2,2-5H3/b10-7-/t13-,14+,15-,16+,17-,18+,20?,21+/m1/s1. The summed E-state index contributed by atoms with van der Waals surface area (Å²) < 4.78 is 17.6. The molecule has 1 unspecified atom stereocenters. The molecule has 29 heavy (non-hydrogen) atoms. The summed E-state index contributed by atoms with van der Waals surface area (Å²) in [6.07, 6.45) is 0.225. The van der Waals surface area contributed by atoms with Crippen molar-refractivity contribution < 1.29 is 39.7 Å². The molecule has 0 saturated carbocycles. The molecule has 168 valence electrons. The van der Waals surface area contributed by atoms with Crippen LogP contribution in [0.15, 0.2) is 24.8 Å². The Morgan fingerprint density at radius 3 is 2.41 bits per heavy atom. The van der Waals surface area contributed by atoms with Gasteiger partial charge >= 0.3 is 0 Å². The first-order chi connectivity index (χ1) is 13.3. The summed E-state index contributed by atoms with van der Waals surface area (Å²) in [5, 5.41) is 49.4. The largest absolute Gasteiger partial charge is 0.394 e. The highest BCUT2D eigenvalue weighted by Gasteiger charge is 2.49. The third-order valence-corrected chi connectivity index (χ3v) is 5.80. The Hall–Kier alpha value is -0.840. The molecule has 0 amide bonds. The third kappa shape index (κ3) is 5.86. The lowest BCUT2D eigenvalue weighted by atomic mass is 9.94. The molecule has 2 aliphatic heterocycles. The molecule has 8 heteroatoms. The zero-order valence-corrected chi connectivity index (χ0v) is 17.7. The average molecular weight is 417 g/mol. The van der Waals surface area contributed by atoms with Gasteiger partial charge in [0.2, 0.25) is 0 Å². The van der Waals surface area contributed by atoms with Crippen LogP contribution in [0.25, 0.3) is 0 Å². The predicted molar refractivity (Wildman–Crippen MR) is 106 cm³/mol. The maximum absolute atomic E-state index is 10.2. The van der Waals surface area contributed by atoms with Crippen LogP contribution in [0.2, 0.25) is 0 Å². The first-order valence-corrected chi connectivity index (χ1v) is 10.0. The van der Waals surface area contributed by atoms with Crippen LogP contribution in [0.3, 0.4) is 0 Å². The maximum atomic E-state index is 10.2. The number of ether oxygens (including phenoxy) is 3. The molecule has 0 spiro atoms. The van der Waals surface area contributed by atoms with E-state index in [0.717, 1.165) is 6.42 Å². The van der Waals surface area contributed by atoms with E-state index in [1.54, 1.807) is 20.8 Å². The summed E-state index contributed by atoms with van der Waals surface area (Å²) in [6.45, 7) is 10.3. The minimum absolute atomic E-state index is 0.315. The summed E-state index contributed by atoms with van der Waals surface area (Å²) in [7, 11) is 0. The fourth-order valence-electron chi connectivity index (χ4n) is 3.64. The molecule has 2 fully saturated rings. The van der Waals surface area contributed by atoms with Gasteiger partial charge < -0.3 is 39.7 Å². The molecule has 0 radical (unpaired) electrons. The molecular formula is C21H36O8. The molecule has 0 aromatic heterocycles. The van der Waals surface area contributed by atoms with E-state index in [4.69, 9.17) is 14.2 Å². The van der Waals surface area contributed by atoms with E-state index in [2.05, 4.69) is 6.58 Å². The van der Waals surface area contributed by atoms with Gasteiger partial charge in [0.1, 0.15) is 24.4 Å². The van der Waals surface area contributed by atoms with Gasteiger partial charge in [-0.3, -0.25) is 0 Å². The van der Waals surface area contributed by atoms with Crippen LogP contribution in [-0.2, 0) is 14.2 Å². The van der Waals surface area contributed by atoms with Crippen molar-refractivity contribution in [2.45, 2.75) is 101 Å². The second kappa shape index (κ2) is 9.11. The first kappa shape index (κ1) is 24.4. The summed E-state index contributed by atoms with van der Waals surface area (Å²) in [5.41, 5.74) is -2.37. The summed E-state index contributed by atoms with van der Waals surface area (Å²) >= 11 is 0. The number of hydrogen-bond acceptors (Lipinski definition) is 8. The Balaban J connectivity index is 2.01. The molecule has 5 N–H and O–H groups in total. The molecule has 0 aromatic rings. The van der Waals surface area contributed by atoms with Crippen molar-refractivity contribution in [1.82, 2.24) is 0 Å². The highest BCUT2D eigenvalue weighted by Crippen LogP contribution is 2.39. The van der Waals surface area contributed by atoms with Crippen molar-refractivity contribution in [1.29, 1.82) is 0 Å². The Morgan fingerprint density at radius 2 is 1.83 bits per heavy atom. The van der Waals surface area contributed by atoms with Gasteiger partial charge in [0.25, 0.3) is 0 Å². The normalized spacial score (nSPS) is 40.9. The van der Waals surface area contributed by atoms with Crippen LogP contribution in [0.4, 0.5) is 0 Å². The van der Waals surface area contributed by atoms with Crippen LogP contribution < -0.4 is 0 Å². The molecule has 0 aromatic carbocycles. The Bertz CT molecular complexity index is 587. The fraction of sp³-hybridized carbons (Fsp3) is 0.810. The average Bonchev–Trinajstić information content (AvgIpc) is 3.05. The summed E-state index contributed by atoms with van der Waals surface area (Å²) in [4.78, 5) is 0. The van der Waals surface area contributed by atoms with Gasteiger partial charge in [0, 0.05) is 0 Å². The SMILES string of the molecule is C=CC(C)(O)C/C=C\[C@@]1(C)CC[C@@H](C(C)(C)O[C@@H]2O[C@H](CO)[C@@H](O)[C@H](O)[C@H]2O)O1. The molecule has 0 aliphatic carbocycles. The summed E-state index contributed by atoms with van der Waals surface area (Å²) in [6, 6.07) is 0. The van der Waals surface area contributed by atoms with E-state index in [-0.39, 0.29) is 6.10 Å². The van der Waals surface area contributed by atoms with Gasteiger partial charge in [0.05, 0.1) is 29.5 Å². The second-order valence-electron chi connectivity index (χ2n) is 9.04. The van der Waals surface area contributed by atoms with Crippen molar-refractivity contribution in [3.05, 3.63) is 24.8 Å². The van der Waals surface area contributed by atoms with Crippen molar-refractivity contribution in [2.75, 3.05) is 6.61 Å². The second-order valence-corrected chi connectivity index (χ2v) is 9.04. The smallest absolute Gasteiger partial charge is 0.187 e. The van der Waals surface area contributed by atoms with E-state index in [1.807, 2.05) is 19.1 Å². The van der Waals surface area contributed by atoms with E-state index in [9.17, 15) is 25.5 Å². The molecule has 2 saturated heterocycles. The van der Waals surface area contributed by atoms with Gasteiger partial charge in [-0.15, -0.1) is 6.58 Å². The van der Waals surface area contributed by atoms with E-state index in [0.29, 0.717) is 12.8 Å². The minimum atomic E-state index is -1.49. The van der Waals surface area contributed by atoms with Crippen LogP contribution in [0.5, 0.6) is 0 Å². The predicted octanol–water partition coefficient (Wildman–Crippen LogP) is 0.402. The van der Waals surface area contributed by atoms with E-state index >= 15 is 0 Å². The topological polar surface area (TPSA) is 129 Å². The van der Waals surface area contributed by atoms with Gasteiger partial charge in [-0.25, -0.2) is 0 Å². The Labute approximate surface area is 172 Å². The van der Waals surface area contributed by atoms with Crippen LogP contribution in [0.1, 0.15) is 47.0 Å². The Morgan fingerprint density at radius 1 is 1.17 bits per heavy atom. The van der Waals surface area contributed by atoms with Gasteiger partial charge in [0.15, 0.2) is 6.29 Å². The number of rotatable bonds is 8. The molecule has 2 rings (SSSR count). The summed E-state index contributed by atoms with van der Waals surface area (Å²) in [5.74, 6) is 0. The molecule has 8 atom stereocenters. The quantitative estimate of drug-likeness (QED) is 0.360. The number of aliphatic hydroxyl groups is 5. The van der Waals surface area contributed by atoms with Gasteiger partial charge in [-0.05, 0) is 47.0 Å². The molecular weight excluding hydrogens is 380 g/mol. The molecule has 2 aliphatic rings. The lowest BCUT2D eigenvalue weighted by Gasteiger charge is -2.44. The van der Waals surface area contributed by atoms with Crippen LogP contribution in [-0.4, -0.2) is 85.8 Å². The minimum Gasteiger partial charge on any atom is -0.394 e. The highest BCUT2D eigenvalue weighted by molar-refractivity contribution is 5.08.